The molecule has 1 aromatic carbocycles. The fourth-order valence-electron chi connectivity index (χ4n) is 3.18. The first-order valence-electron chi connectivity index (χ1n) is 6.79. The van der Waals surface area contributed by atoms with Crippen molar-refractivity contribution < 1.29 is 4.39 Å². The van der Waals surface area contributed by atoms with Crippen molar-refractivity contribution in [2.24, 2.45) is 5.92 Å². The third-order valence-corrected chi connectivity index (χ3v) is 4.53. The molecule has 92 valence electrons. The van der Waals surface area contributed by atoms with Crippen LogP contribution in [-0.4, -0.2) is 6.04 Å². The molecule has 3 rings (SSSR count). The average Bonchev–Trinajstić information content (AvgIpc) is 2.60. The topological polar surface area (TPSA) is 12.0 Å². The van der Waals surface area contributed by atoms with Gasteiger partial charge in [0.1, 0.15) is 5.82 Å². The third-order valence-electron chi connectivity index (χ3n) is 4.53. The second-order valence-electron chi connectivity index (χ2n) is 5.55. The number of hydrogen-bond acceptors (Lipinski definition) is 1. The minimum absolute atomic E-state index is 0.0249. The molecule has 1 fully saturated rings. The van der Waals surface area contributed by atoms with Crippen molar-refractivity contribution in [3.63, 3.8) is 0 Å². The lowest BCUT2D eigenvalue weighted by Gasteiger charge is -2.34. The molecule has 2 unspecified atom stereocenters. The lowest BCUT2D eigenvalue weighted by Crippen LogP contribution is -2.38. The summed E-state index contributed by atoms with van der Waals surface area (Å²) < 4.78 is 13.6. The van der Waals surface area contributed by atoms with Crippen LogP contribution in [0, 0.1) is 11.7 Å². The monoisotopic (exact) mass is 233 g/mol. The Morgan fingerprint density at radius 3 is 2.82 bits per heavy atom. The Labute approximate surface area is 102 Å². The fourth-order valence-corrected chi connectivity index (χ4v) is 3.18. The van der Waals surface area contributed by atoms with Crippen LogP contribution in [0.1, 0.15) is 49.8 Å². The van der Waals surface area contributed by atoms with Crippen LogP contribution in [0.5, 0.6) is 0 Å². The molecule has 2 heteroatoms. The SMILES string of the molecule is CC(NC1CCc2c(F)cccc21)C1CCC1. The predicted molar refractivity (Wildman–Crippen MR) is 67.4 cm³/mol. The highest BCUT2D eigenvalue weighted by atomic mass is 19.1. The number of rotatable bonds is 3. The Hall–Kier alpha value is -0.890. The van der Waals surface area contributed by atoms with Crippen molar-refractivity contribution in [2.75, 3.05) is 0 Å². The van der Waals surface area contributed by atoms with Crippen LogP contribution in [0.25, 0.3) is 0 Å². The number of fused-ring (bicyclic) bond motifs is 1. The maximum Gasteiger partial charge on any atom is 0.126 e. The van der Waals surface area contributed by atoms with Gasteiger partial charge in [-0.15, -0.1) is 0 Å². The summed E-state index contributed by atoms with van der Waals surface area (Å²) in [7, 11) is 0. The maximum absolute atomic E-state index is 13.6. The number of benzene rings is 1. The molecule has 0 spiro atoms. The van der Waals surface area contributed by atoms with Gasteiger partial charge in [-0.1, -0.05) is 18.6 Å². The Morgan fingerprint density at radius 2 is 2.12 bits per heavy atom. The van der Waals surface area contributed by atoms with Gasteiger partial charge >= 0.3 is 0 Å². The van der Waals surface area contributed by atoms with E-state index in [0.717, 1.165) is 24.3 Å². The Kier molecular flexibility index (Phi) is 2.91. The molecule has 2 atom stereocenters. The van der Waals surface area contributed by atoms with Crippen LogP contribution in [0.3, 0.4) is 0 Å². The van der Waals surface area contributed by atoms with Gasteiger partial charge in [0, 0.05) is 12.1 Å². The lowest BCUT2D eigenvalue weighted by atomic mass is 9.80. The molecule has 0 heterocycles. The van der Waals surface area contributed by atoms with Crippen molar-refractivity contribution >= 4 is 0 Å². The van der Waals surface area contributed by atoms with E-state index in [0.29, 0.717) is 12.1 Å². The van der Waals surface area contributed by atoms with Gasteiger partial charge in [-0.25, -0.2) is 4.39 Å². The van der Waals surface area contributed by atoms with E-state index in [1.54, 1.807) is 6.07 Å². The summed E-state index contributed by atoms with van der Waals surface area (Å²) >= 11 is 0. The highest BCUT2D eigenvalue weighted by Crippen LogP contribution is 2.35. The summed E-state index contributed by atoms with van der Waals surface area (Å²) in [6, 6.07) is 6.44. The van der Waals surface area contributed by atoms with Crippen molar-refractivity contribution in [1.82, 2.24) is 5.32 Å². The summed E-state index contributed by atoms with van der Waals surface area (Å²) in [6.45, 7) is 2.28. The zero-order chi connectivity index (χ0) is 11.8. The molecular formula is C15H20FN. The Bertz CT molecular complexity index is 411. The van der Waals surface area contributed by atoms with Gasteiger partial charge in [0.05, 0.1) is 0 Å². The van der Waals surface area contributed by atoms with E-state index < -0.39 is 0 Å². The molecule has 1 nitrogen and oxygen atoms in total. The van der Waals surface area contributed by atoms with Gasteiger partial charge in [0.25, 0.3) is 0 Å². The molecule has 1 N–H and O–H groups in total. The van der Waals surface area contributed by atoms with Crippen molar-refractivity contribution in [1.29, 1.82) is 0 Å². The van der Waals surface area contributed by atoms with Crippen molar-refractivity contribution in [3.8, 4) is 0 Å². The average molecular weight is 233 g/mol. The van der Waals surface area contributed by atoms with Crippen molar-refractivity contribution in [2.45, 2.75) is 51.1 Å². The Morgan fingerprint density at radius 1 is 1.29 bits per heavy atom. The first-order chi connectivity index (χ1) is 8.25. The lowest BCUT2D eigenvalue weighted by molar-refractivity contribution is 0.226. The van der Waals surface area contributed by atoms with Crippen LogP contribution >= 0.6 is 0 Å². The van der Waals surface area contributed by atoms with Gasteiger partial charge in [-0.3, -0.25) is 0 Å². The van der Waals surface area contributed by atoms with E-state index in [1.165, 1.54) is 24.8 Å². The van der Waals surface area contributed by atoms with Gasteiger partial charge in [-0.2, -0.15) is 0 Å². The number of halogens is 1. The minimum Gasteiger partial charge on any atom is -0.307 e. The van der Waals surface area contributed by atoms with E-state index in [1.807, 2.05) is 6.07 Å². The molecule has 0 saturated heterocycles. The molecule has 1 saturated carbocycles. The molecular weight excluding hydrogens is 213 g/mol. The van der Waals surface area contributed by atoms with Gasteiger partial charge in [0.2, 0.25) is 0 Å². The largest absolute Gasteiger partial charge is 0.307 e. The standard InChI is InChI=1S/C15H20FN/c1-10(11-4-2-5-11)17-15-9-8-12-13(15)6-3-7-14(12)16/h3,6-7,10-11,15,17H,2,4-5,8-9H2,1H3. The number of hydrogen-bond donors (Lipinski definition) is 1. The zero-order valence-electron chi connectivity index (χ0n) is 10.4. The summed E-state index contributed by atoms with van der Waals surface area (Å²) in [4.78, 5) is 0. The molecule has 2 aliphatic carbocycles. The smallest absolute Gasteiger partial charge is 0.126 e. The van der Waals surface area contributed by atoms with Gasteiger partial charge in [-0.05, 0) is 55.7 Å². The summed E-state index contributed by atoms with van der Waals surface area (Å²) in [5.41, 5.74) is 2.13. The molecule has 0 aromatic heterocycles. The molecule has 0 aliphatic heterocycles. The minimum atomic E-state index is -0.0249. The van der Waals surface area contributed by atoms with Crippen LogP contribution in [0.4, 0.5) is 4.39 Å². The van der Waals surface area contributed by atoms with Crippen LogP contribution < -0.4 is 5.32 Å². The second kappa shape index (κ2) is 4.41. The summed E-state index contributed by atoms with van der Waals surface area (Å²) in [5, 5.41) is 3.70. The Balaban J connectivity index is 1.72. The van der Waals surface area contributed by atoms with E-state index in [9.17, 15) is 4.39 Å². The predicted octanol–water partition coefficient (Wildman–Crippen LogP) is 3.59. The molecule has 17 heavy (non-hydrogen) atoms. The van der Waals surface area contributed by atoms with Gasteiger partial charge in [0.15, 0.2) is 0 Å². The maximum atomic E-state index is 13.6. The molecule has 1 aromatic rings. The van der Waals surface area contributed by atoms with E-state index >= 15 is 0 Å². The van der Waals surface area contributed by atoms with Crippen LogP contribution in [-0.2, 0) is 6.42 Å². The molecule has 0 amide bonds. The highest BCUT2D eigenvalue weighted by Gasteiger charge is 2.29. The van der Waals surface area contributed by atoms with E-state index in [-0.39, 0.29) is 5.82 Å². The quantitative estimate of drug-likeness (QED) is 0.841. The van der Waals surface area contributed by atoms with Crippen LogP contribution in [0.15, 0.2) is 18.2 Å². The fraction of sp³-hybridized carbons (Fsp3) is 0.600. The summed E-state index contributed by atoms with van der Waals surface area (Å²) in [5.74, 6) is 0.815. The second-order valence-corrected chi connectivity index (χ2v) is 5.55. The molecule has 0 radical (unpaired) electrons. The highest BCUT2D eigenvalue weighted by molar-refractivity contribution is 5.35. The first-order valence-corrected chi connectivity index (χ1v) is 6.79. The molecule has 2 aliphatic rings. The third kappa shape index (κ3) is 1.99. The molecule has 0 bridgehead atoms. The van der Waals surface area contributed by atoms with E-state index in [4.69, 9.17) is 0 Å². The number of nitrogens with one attached hydrogen (secondary N) is 1. The normalized spacial score (nSPS) is 25.4. The van der Waals surface area contributed by atoms with Crippen molar-refractivity contribution in [3.05, 3.63) is 35.1 Å². The van der Waals surface area contributed by atoms with Gasteiger partial charge < -0.3 is 5.32 Å². The first kappa shape index (κ1) is 11.2. The zero-order valence-corrected chi connectivity index (χ0v) is 10.4. The van der Waals surface area contributed by atoms with Crippen LogP contribution in [0.2, 0.25) is 0 Å². The van der Waals surface area contributed by atoms with E-state index in [2.05, 4.69) is 18.3 Å². The summed E-state index contributed by atoms with van der Waals surface area (Å²) in [6.07, 6.45) is 6.03.